The fraction of sp³-hybridized carbons (Fsp3) is 0.382. The molecule has 2 aliphatic rings. The van der Waals surface area contributed by atoms with E-state index in [0.29, 0.717) is 13.0 Å². The second kappa shape index (κ2) is 11.0. The summed E-state index contributed by atoms with van der Waals surface area (Å²) in [5.41, 5.74) is 0.135. The predicted molar refractivity (Wildman–Crippen MR) is 162 cm³/mol. The van der Waals surface area contributed by atoms with Crippen LogP contribution in [0.2, 0.25) is 5.04 Å². The number of rotatable bonds is 9. The van der Waals surface area contributed by atoms with Crippen LogP contribution in [-0.4, -0.2) is 50.1 Å². The zero-order valence-corrected chi connectivity index (χ0v) is 25.5. The van der Waals surface area contributed by atoms with Crippen LogP contribution in [-0.2, 0) is 24.2 Å². The molecule has 2 saturated heterocycles. The van der Waals surface area contributed by atoms with Gasteiger partial charge >= 0.3 is 5.97 Å². The Morgan fingerprint density at radius 2 is 1.49 bits per heavy atom. The highest BCUT2D eigenvalue weighted by atomic mass is 28.4. The summed E-state index contributed by atoms with van der Waals surface area (Å²) in [6.07, 6.45) is 1.04. The summed E-state index contributed by atoms with van der Waals surface area (Å²) in [7, 11) is -2.82. The van der Waals surface area contributed by atoms with Gasteiger partial charge in [-0.05, 0) is 47.0 Å². The predicted octanol–water partition coefficient (Wildman–Crippen LogP) is 5.65. The Labute approximate surface area is 244 Å². The van der Waals surface area contributed by atoms with Gasteiger partial charge in [0, 0.05) is 6.42 Å². The van der Waals surface area contributed by atoms with Crippen molar-refractivity contribution in [1.82, 2.24) is 0 Å². The number of carbonyl (C=O) groups is 1. The quantitative estimate of drug-likeness (QED) is 0.264. The van der Waals surface area contributed by atoms with Crippen LogP contribution < -0.4 is 10.4 Å². The number of benzene rings is 3. The average molecular weight is 573 g/mol. The van der Waals surface area contributed by atoms with Gasteiger partial charge in [-0.15, -0.1) is 6.58 Å². The summed E-state index contributed by atoms with van der Waals surface area (Å²) in [4.78, 5) is 11.5. The van der Waals surface area contributed by atoms with E-state index in [1.54, 1.807) is 12.1 Å². The summed E-state index contributed by atoms with van der Waals surface area (Å²) < 4.78 is 27.2. The molecule has 2 heterocycles. The SMILES string of the molecule is C=CC[C@@]1(c2ccc(C(=O)O)cc2)O[C@H](CO[Si](c2ccccc2)(c2ccccc2)C(C)(C)C)[C@H]2OC(C)(C)O[C@H]21. The van der Waals surface area contributed by atoms with Crippen LogP contribution in [0.4, 0.5) is 0 Å². The summed E-state index contributed by atoms with van der Waals surface area (Å²) in [5.74, 6) is -1.79. The maximum Gasteiger partial charge on any atom is 0.335 e. The van der Waals surface area contributed by atoms with Crippen molar-refractivity contribution in [3.8, 4) is 0 Å². The Kier molecular flexibility index (Phi) is 7.87. The lowest BCUT2D eigenvalue weighted by Crippen LogP contribution is -2.67. The molecule has 4 atom stereocenters. The van der Waals surface area contributed by atoms with E-state index >= 15 is 0 Å². The topological polar surface area (TPSA) is 74.2 Å². The number of carboxylic acid groups (broad SMARTS) is 1. The van der Waals surface area contributed by atoms with E-state index in [-0.39, 0.29) is 16.7 Å². The van der Waals surface area contributed by atoms with Crippen LogP contribution in [0.15, 0.2) is 97.6 Å². The van der Waals surface area contributed by atoms with Gasteiger partial charge in [-0.2, -0.15) is 0 Å². The molecule has 7 heteroatoms. The molecule has 1 N–H and O–H groups in total. The standard InChI is InChI=1S/C34H40O6Si/c1-7-22-34(25-20-18-24(19-21-25)31(35)36)30-29(39-33(5,6)40-30)28(38-34)23-37-41(32(2,3)4,26-14-10-8-11-15-26)27-16-12-9-13-17-27/h7-21,28-30H,1,22-23H2,2-6H3,(H,35,36)/t28-,29-,30-,34+/m1/s1. The van der Waals surface area contributed by atoms with Crippen molar-refractivity contribution in [2.45, 2.75) is 75.8 Å². The van der Waals surface area contributed by atoms with Crippen molar-refractivity contribution in [3.05, 3.63) is 109 Å². The van der Waals surface area contributed by atoms with Gasteiger partial charge in [0.05, 0.1) is 12.2 Å². The van der Waals surface area contributed by atoms with Crippen LogP contribution in [0.5, 0.6) is 0 Å². The monoisotopic (exact) mass is 572 g/mol. The second-order valence-corrected chi connectivity index (χ2v) is 16.7. The minimum Gasteiger partial charge on any atom is -0.478 e. The van der Waals surface area contributed by atoms with Crippen molar-refractivity contribution in [3.63, 3.8) is 0 Å². The third-order valence-corrected chi connectivity index (χ3v) is 13.3. The zero-order valence-electron chi connectivity index (χ0n) is 24.5. The normalized spacial score (nSPS) is 25.5. The Balaban J connectivity index is 1.56. The van der Waals surface area contributed by atoms with Gasteiger partial charge < -0.3 is 23.7 Å². The molecule has 0 amide bonds. The fourth-order valence-corrected chi connectivity index (χ4v) is 11.1. The maximum atomic E-state index is 11.5. The highest BCUT2D eigenvalue weighted by Crippen LogP contribution is 2.51. The fourth-order valence-electron chi connectivity index (χ4n) is 6.55. The first-order valence-electron chi connectivity index (χ1n) is 14.2. The average Bonchev–Trinajstić information content (AvgIpc) is 3.41. The Hall–Kier alpha value is -3.07. The molecule has 5 rings (SSSR count). The third kappa shape index (κ3) is 5.22. The van der Waals surface area contributed by atoms with Gasteiger partial charge in [0.2, 0.25) is 0 Å². The molecule has 2 aliphatic heterocycles. The van der Waals surface area contributed by atoms with Crippen LogP contribution in [0.3, 0.4) is 0 Å². The molecule has 41 heavy (non-hydrogen) atoms. The summed E-state index contributed by atoms with van der Waals surface area (Å²) in [5, 5.41) is 11.7. The molecule has 3 aromatic carbocycles. The second-order valence-electron chi connectivity index (χ2n) is 12.4. The first-order chi connectivity index (χ1) is 19.4. The molecular formula is C34H40O6Si. The summed E-state index contributed by atoms with van der Waals surface area (Å²) in [6.45, 7) is 14.9. The molecular weight excluding hydrogens is 532 g/mol. The molecule has 0 spiro atoms. The van der Waals surface area contributed by atoms with Crippen molar-refractivity contribution in [1.29, 1.82) is 0 Å². The summed E-state index contributed by atoms with van der Waals surface area (Å²) in [6, 6.07) is 27.9. The molecule has 0 radical (unpaired) electrons. The van der Waals surface area contributed by atoms with Crippen molar-refractivity contribution in [2.24, 2.45) is 0 Å². The molecule has 0 aliphatic carbocycles. The van der Waals surface area contributed by atoms with E-state index in [1.807, 2.05) is 44.2 Å². The number of aromatic carboxylic acids is 1. The van der Waals surface area contributed by atoms with E-state index in [0.717, 1.165) is 5.56 Å². The van der Waals surface area contributed by atoms with Crippen LogP contribution in [0.1, 0.15) is 57.0 Å². The van der Waals surface area contributed by atoms with Gasteiger partial charge in [-0.1, -0.05) is 99.6 Å². The van der Waals surface area contributed by atoms with Crippen LogP contribution in [0.25, 0.3) is 0 Å². The van der Waals surface area contributed by atoms with Gasteiger partial charge in [0.1, 0.15) is 23.9 Å². The number of carboxylic acids is 1. The minimum atomic E-state index is -2.82. The third-order valence-electron chi connectivity index (χ3n) is 8.27. The summed E-state index contributed by atoms with van der Waals surface area (Å²) >= 11 is 0. The lowest BCUT2D eigenvalue weighted by molar-refractivity contribution is -0.214. The number of fused-ring (bicyclic) bond motifs is 1. The highest BCUT2D eigenvalue weighted by molar-refractivity contribution is 6.99. The van der Waals surface area contributed by atoms with Crippen molar-refractivity contribution in [2.75, 3.05) is 6.61 Å². The minimum absolute atomic E-state index is 0.190. The van der Waals surface area contributed by atoms with Gasteiger partial charge in [0.25, 0.3) is 8.32 Å². The molecule has 0 unspecified atom stereocenters. The largest absolute Gasteiger partial charge is 0.478 e. The molecule has 0 aromatic heterocycles. The lowest BCUT2D eigenvalue weighted by atomic mass is 9.84. The molecule has 216 valence electrons. The Bertz CT molecular complexity index is 1330. The van der Waals surface area contributed by atoms with E-state index in [1.165, 1.54) is 10.4 Å². The van der Waals surface area contributed by atoms with E-state index in [2.05, 4.69) is 75.9 Å². The van der Waals surface area contributed by atoms with Gasteiger partial charge in [-0.3, -0.25) is 0 Å². The van der Waals surface area contributed by atoms with Gasteiger partial charge in [0.15, 0.2) is 5.79 Å². The Morgan fingerprint density at radius 1 is 0.927 bits per heavy atom. The zero-order chi connectivity index (χ0) is 29.5. The van der Waals surface area contributed by atoms with Gasteiger partial charge in [-0.25, -0.2) is 4.79 Å². The first-order valence-corrected chi connectivity index (χ1v) is 16.1. The van der Waals surface area contributed by atoms with Crippen LogP contribution in [0, 0.1) is 0 Å². The first kappa shape index (κ1) is 29.4. The van der Waals surface area contributed by atoms with Crippen LogP contribution >= 0.6 is 0 Å². The molecule has 2 fully saturated rings. The number of hydrogen-bond acceptors (Lipinski definition) is 5. The Morgan fingerprint density at radius 3 is 1.98 bits per heavy atom. The lowest BCUT2D eigenvalue weighted by Gasteiger charge is -2.43. The van der Waals surface area contributed by atoms with E-state index in [9.17, 15) is 9.90 Å². The molecule has 3 aromatic rings. The van der Waals surface area contributed by atoms with Crippen molar-refractivity contribution >= 4 is 24.7 Å². The van der Waals surface area contributed by atoms with E-state index in [4.69, 9.17) is 18.6 Å². The van der Waals surface area contributed by atoms with E-state index < -0.39 is 37.9 Å². The van der Waals surface area contributed by atoms with Crippen molar-refractivity contribution < 1.29 is 28.5 Å². The number of ether oxygens (including phenoxy) is 3. The molecule has 0 bridgehead atoms. The number of hydrogen-bond donors (Lipinski definition) is 1. The molecule has 6 nitrogen and oxygen atoms in total. The highest BCUT2D eigenvalue weighted by Gasteiger charge is 2.63. The maximum absolute atomic E-state index is 11.5. The smallest absolute Gasteiger partial charge is 0.335 e. The molecule has 0 saturated carbocycles.